The van der Waals surface area contributed by atoms with Gasteiger partial charge in [0, 0.05) is 21.4 Å². The Kier molecular flexibility index (Phi) is 6.49. The smallest absolute Gasteiger partial charge is 0.322 e. The molecule has 8 heteroatoms. The summed E-state index contributed by atoms with van der Waals surface area (Å²) >= 11 is 4.78. The molecule has 33 heavy (non-hydrogen) atoms. The number of aryl methyl sites for hydroxylation is 3. The van der Waals surface area contributed by atoms with E-state index < -0.39 is 0 Å². The van der Waals surface area contributed by atoms with E-state index in [1.165, 1.54) is 11.3 Å². The number of nitrogens with one attached hydrogen (secondary N) is 3. The molecule has 0 saturated carbocycles. The fraction of sp³-hybridized carbons (Fsp3) is 0.160. The van der Waals surface area contributed by atoms with Gasteiger partial charge in [0.05, 0.1) is 10.2 Å². The average molecular weight is 523 g/mol. The van der Waals surface area contributed by atoms with Crippen LogP contribution in [0.4, 0.5) is 21.3 Å². The van der Waals surface area contributed by atoms with Gasteiger partial charge in [0.1, 0.15) is 0 Å². The molecule has 0 aliphatic carbocycles. The second-order valence-corrected chi connectivity index (χ2v) is 9.81. The van der Waals surface area contributed by atoms with Gasteiger partial charge in [-0.1, -0.05) is 51.0 Å². The van der Waals surface area contributed by atoms with Crippen LogP contribution >= 0.6 is 27.3 Å². The van der Waals surface area contributed by atoms with Gasteiger partial charge in [0.25, 0.3) is 5.91 Å². The van der Waals surface area contributed by atoms with Crippen LogP contribution in [0.25, 0.3) is 10.2 Å². The van der Waals surface area contributed by atoms with Crippen LogP contribution in [0.15, 0.2) is 53.0 Å². The van der Waals surface area contributed by atoms with Crippen LogP contribution in [-0.4, -0.2) is 16.9 Å². The third kappa shape index (κ3) is 5.07. The minimum absolute atomic E-state index is 0.183. The molecule has 0 radical (unpaired) electrons. The lowest BCUT2D eigenvalue weighted by atomic mass is 10.0. The van der Waals surface area contributed by atoms with Crippen molar-refractivity contribution >= 4 is 65.9 Å². The second kappa shape index (κ2) is 9.33. The van der Waals surface area contributed by atoms with E-state index in [0.717, 1.165) is 37.1 Å². The van der Waals surface area contributed by atoms with Crippen LogP contribution in [0.3, 0.4) is 0 Å². The van der Waals surface area contributed by atoms with E-state index in [-0.39, 0.29) is 11.9 Å². The molecular formula is C25H23BrN4O2S. The van der Waals surface area contributed by atoms with E-state index in [1.807, 2.05) is 58.0 Å². The van der Waals surface area contributed by atoms with Crippen LogP contribution in [0.5, 0.6) is 0 Å². The summed E-state index contributed by atoms with van der Waals surface area (Å²) < 4.78 is 1.73. The number of amides is 3. The predicted octanol–water partition coefficient (Wildman–Crippen LogP) is 7.19. The number of aromatic nitrogens is 1. The summed E-state index contributed by atoms with van der Waals surface area (Å²) in [5.74, 6) is -0.183. The minimum Gasteiger partial charge on any atom is -0.322 e. The van der Waals surface area contributed by atoms with Crippen molar-refractivity contribution in [3.63, 3.8) is 0 Å². The Morgan fingerprint density at radius 1 is 0.909 bits per heavy atom. The van der Waals surface area contributed by atoms with Crippen LogP contribution < -0.4 is 16.0 Å². The van der Waals surface area contributed by atoms with Crippen LogP contribution in [-0.2, 0) is 0 Å². The standard InChI is InChI=1S/C25H23BrN4O2S/c1-13-10-14(2)22(15(3)11-13)29-23(31)17-8-9-20-21(12-17)33-25(28-20)30-24(32)27-19-7-5-6-18(26)16(19)4/h5-12H,1-4H3,(H,29,31)(H2,27,28,30,32). The van der Waals surface area contributed by atoms with Crippen LogP contribution in [0.1, 0.15) is 32.6 Å². The van der Waals surface area contributed by atoms with Gasteiger partial charge >= 0.3 is 6.03 Å². The maximum Gasteiger partial charge on any atom is 0.325 e. The van der Waals surface area contributed by atoms with Gasteiger partial charge in [0.15, 0.2) is 5.13 Å². The molecule has 6 nitrogen and oxygen atoms in total. The van der Waals surface area contributed by atoms with E-state index in [0.29, 0.717) is 21.9 Å². The molecule has 3 aromatic carbocycles. The molecule has 0 spiro atoms. The van der Waals surface area contributed by atoms with Gasteiger partial charge in [-0.2, -0.15) is 0 Å². The molecule has 3 N–H and O–H groups in total. The van der Waals surface area contributed by atoms with Crippen molar-refractivity contribution in [1.82, 2.24) is 4.98 Å². The Hall–Kier alpha value is -3.23. The molecule has 0 fully saturated rings. The number of hydrogen-bond acceptors (Lipinski definition) is 4. The van der Waals surface area contributed by atoms with Gasteiger partial charge in [-0.15, -0.1) is 0 Å². The number of anilines is 3. The van der Waals surface area contributed by atoms with E-state index in [4.69, 9.17) is 0 Å². The predicted molar refractivity (Wildman–Crippen MR) is 140 cm³/mol. The molecule has 0 aliphatic heterocycles. The SMILES string of the molecule is Cc1cc(C)c(NC(=O)c2ccc3nc(NC(=O)Nc4cccc(Br)c4C)sc3c2)c(C)c1. The first-order valence-corrected chi connectivity index (χ1v) is 11.9. The fourth-order valence-corrected chi connectivity index (χ4v) is 4.94. The van der Waals surface area contributed by atoms with Crippen LogP contribution in [0.2, 0.25) is 0 Å². The van der Waals surface area contributed by atoms with Gasteiger partial charge in [-0.05, 0) is 74.7 Å². The maximum atomic E-state index is 12.9. The number of halogens is 1. The van der Waals surface area contributed by atoms with Crippen molar-refractivity contribution in [1.29, 1.82) is 0 Å². The average Bonchev–Trinajstić information content (AvgIpc) is 3.15. The lowest BCUT2D eigenvalue weighted by molar-refractivity contribution is 0.102. The van der Waals surface area contributed by atoms with Crippen molar-refractivity contribution in [3.8, 4) is 0 Å². The van der Waals surface area contributed by atoms with Crippen LogP contribution in [0, 0.1) is 27.7 Å². The number of thiazole rings is 1. The molecule has 0 aliphatic rings. The van der Waals surface area contributed by atoms with E-state index in [2.05, 4.69) is 36.9 Å². The highest BCUT2D eigenvalue weighted by Crippen LogP contribution is 2.29. The summed E-state index contributed by atoms with van der Waals surface area (Å²) in [6, 6.07) is 14.7. The molecule has 4 aromatic rings. The number of carbonyl (C=O) groups excluding carboxylic acids is 2. The Morgan fingerprint density at radius 2 is 1.64 bits per heavy atom. The van der Waals surface area contributed by atoms with E-state index in [9.17, 15) is 9.59 Å². The van der Waals surface area contributed by atoms with Gasteiger partial charge in [-0.3, -0.25) is 10.1 Å². The first kappa shape index (κ1) is 22.9. The zero-order valence-electron chi connectivity index (χ0n) is 18.7. The highest BCUT2D eigenvalue weighted by molar-refractivity contribution is 9.10. The maximum absolute atomic E-state index is 12.9. The largest absolute Gasteiger partial charge is 0.325 e. The molecule has 4 rings (SSSR count). The van der Waals surface area contributed by atoms with Crippen molar-refractivity contribution in [2.75, 3.05) is 16.0 Å². The Morgan fingerprint density at radius 3 is 2.36 bits per heavy atom. The molecule has 0 unspecified atom stereocenters. The molecule has 168 valence electrons. The van der Waals surface area contributed by atoms with E-state index in [1.54, 1.807) is 18.2 Å². The van der Waals surface area contributed by atoms with Crippen molar-refractivity contribution in [2.24, 2.45) is 0 Å². The first-order chi connectivity index (χ1) is 15.7. The summed E-state index contributed by atoms with van der Waals surface area (Å²) in [4.78, 5) is 29.8. The number of urea groups is 1. The number of fused-ring (bicyclic) bond motifs is 1. The topological polar surface area (TPSA) is 83.1 Å². The lowest BCUT2D eigenvalue weighted by Gasteiger charge is -2.12. The second-order valence-electron chi connectivity index (χ2n) is 7.92. The third-order valence-electron chi connectivity index (χ3n) is 5.30. The van der Waals surface area contributed by atoms with Crippen molar-refractivity contribution in [3.05, 3.63) is 80.8 Å². The summed E-state index contributed by atoms with van der Waals surface area (Å²) in [6.45, 7) is 7.93. The van der Waals surface area contributed by atoms with E-state index >= 15 is 0 Å². The molecule has 1 aromatic heterocycles. The molecule has 0 saturated heterocycles. The summed E-state index contributed by atoms with van der Waals surface area (Å²) in [7, 11) is 0. The molecule has 0 bridgehead atoms. The number of hydrogen-bond donors (Lipinski definition) is 3. The quantitative estimate of drug-likeness (QED) is 0.265. The highest BCUT2D eigenvalue weighted by atomic mass is 79.9. The Labute approximate surface area is 204 Å². The monoisotopic (exact) mass is 522 g/mol. The molecule has 1 heterocycles. The highest BCUT2D eigenvalue weighted by Gasteiger charge is 2.14. The minimum atomic E-state index is -0.376. The lowest BCUT2D eigenvalue weighted by Crippen LogP contribution is -2.19. The fourth-order valence-electron chi connectivity index (χ4n) is 3.68. The normalized spacial score (nSPS) is 10.8. The number of carbonyl (C=O) groups is 2. The summed E-state index contributed by atoms with van der Waals surface area (Å²) in [5.41, 5.74) is 6.94. The number of nitrogens with zero attached hydrogens (tertiary/aromatic N) is 1. The van der Waals surface area contributed by atoms with Gasteiger partial charge in [-0.25, -0.2) is 9.78 Å². The zero-order valence-corrected chi connectivity index (χ0v) is 21.1. The van der Waals surface area contributed by atoms with Gasteiger partial charge in [0.2, 0.25) is 0 Å². The zero-order chi connectivity index (χ0) is 23.7. The number of rotatable bonds is 4. The summed E-state index contributed by atoms with van der Waals surface area (Å²) in [6.07, 6.45) is 0. The summed E-state index contributed by atoms with van der Waals surface area (Å²) in [5, 5.41) is 9.10. The Balaban J connectivity index is 1.50. The third-order valence-corrected chi connectivity index (χ3v) is 7.10. The van der Waals surface area contributed by atoms with Crippen molar-refractivity contribution < 1.29 is 9.59 Å². The van der Waals surface area contributed by atoms with Gasteiger partial charge < -0.3 is 10.6 Å². The van der Waals surface area contributed by atoms with Crippen molar-refractivity contribution in [2.45, 2.75) is 27.7 Å². The molecule has 3 amide bonds. The molecular weight excluding hydrogens is 500 g/mol. The first-order valence-electron chi connectivity index (χ1n) is 10.3. The molecule has 0 atom stereocenters. The Bertz CT molecular complexity index is 1370. The number of benzene rings is 3.